The van der Waals surface area contributed by atoms with E-state index in [-0.39, 0.29) is 5.60 Å². The van der Waals surface area contributed by atoms with Crippen LogP contribution in [-0.4, -0.2) is 38.0 Å². The van der Waals surface area contributed by atoms with Crippen LogP contribution >= 0.6 is 15.9 Å². The molecule has 4 heteroatoms. The van der Waals surface area contributed by atoms with Crippen molar-refractivity contribution < 1.29 is 9.47 Å². The second kappa shape index (κ2) is 8.28. The number of nitrogens with one attached hydrogen (secondary N) is 1. The number of hydrogen-bond acceptors (Lipinski definition) is 3. The third-order valence-electron chi connectivity index (χ3n) is 4.19. The maximum Gasteiger partial charge on any atom is 0.0881 e. The van der Waals surface area contributed by atoms with Crippen LogP contribution in [0.2, 0.25) is 0 Å². The summed E-state index contributed by atoms with van der Waals surface area (Å²) in [5.41, 5.74) is 1.23. The molecule has 1 unspecified atom stereocenters. The molecular formula is C17H26BrNO2. The number of hydrogen-bond donors (Lipinski definition) is 1. The molecule has 0 bridgehead atoms. The zero-order chi connectivity index (χ0) is 15.1. The summed E-state index contributed by atoms with van der Waals surface area (Å²) in [6.45, 7) is 7.53. The minimum Gasteiger partial charge on any atom is -0.381 e. The van der Waals surface area contributed by atoms with Crippen LogP contribution in [-0.2, 0) is 15.9 Å². The SMILES string of the molecule is CCNC(Cc1cccc(Br)c1)C1(OCC)CCOCC1. The Morgan fingerprint density at radius 2 is 2.10 bits per heavy atom. The molecule has 1 fully saturated rings. The average molecular weight is 356 g/mol. The van der Waals surface area contributed by atoms with Crippen LogP contribution < -0.4 is 5.32 Å². The molecule has 1 aliphatic rings. The Morgan fingerprint density at radius 1 is 1.33 bits per heavy atom. The normalized spacial score (nSPS) is 19.4. The maximum atomic E-state index is 6.23. The van der Waals surface area contributed by atoms with E-state index in [0.29, 0.717) is 6.04 Å². The second-order valence-electron chi connectivity index (χ2n) is 5.55. The molecule has 1 aromatic rings. The van der Waals surface area contributed by atoms with Crippen molar-refractivity contribution in [2.24, 2.45) is 0 Å². The molecule has 1 saturated heterocycles. The Balaban J connectivity index is 2.18. The summed E-state index contributed by atoms with van der Waals surface area (Å²) >= 11 is 3.56. The van der Waals surface area contributed by atoms with Gasteiger partial charge in [-0.2, -0.15) is 0 Å². The van der Waals surface area contributed by atoms with E-state index in [1.165, 1.54) is 5.56 Å². The number of benzene rings is 1. The first-order chi connectivity index (χ1) is 10.2. The molecule has 21 heavy (non-hydrogen) atoms. The van der Waals surface area contributed by atoms with Crippen LogP contribution in [0.1, 0.15) is 32.3 Å². The van der Waals surface area contributed by atoms with E-state index in [9.17, 15) is 0 Å². The fraction of sp³-hybridized carbons (Fsp3) is 0.647. The standard InChI is InChI=1S/C17H26BrNO2/c1-3-19-16(13-14-6-5-7-15(18)12-14)17(21-4-2)8-10-20-11-9-17/h5-7,12,16,19H,3-4,8-11,13H2,1-2H3. The quantitative estimate of drug-likeness (QED) is 0.811. The maximum absolute atomic E-state index is 6.23. The Labute approximate surface area is 136 Å². The van der Waals surface area contributed by atoms with Gasteiger partial charge < -0.3 is 14.8 Å². The van der Waals surface area contributed by atoms with Crippen LogP contribution in [0.25, 0.3) is 0 Å². The van der Waals surface area contributed by atoms with Gasteiger partial charge in [-0.1, -0.05) is 35.0 Å². The fourth-order valence-electron chi connectivity index (χ4n) is 3.19. The lowest BCUT2D eigenvalue weighted by molar-refractivity contribution is -0.126. The minimum atomic E-state index is -0.106. The molecule has 2 rings (SSSR count). The molecule has 118 valence electrons. The van der Waals surface area contributed by atoms with Gasteiger partial charge in [-0.3, -0.25) is 0 Å². The number of likely N-dealkylation sites (N-methyl/N-ethyl adjacent to an activating group) is 1. The zero-order valence-electron chi connectivity index (χ0n) is 13.0. The molecule has 1 atom stereocenters. The lowest BCUT2D eigenvalue weighted by atomic mass is 9.82. The van der Waals surface area contributed by atoms with Gasteiger partial charge in [-0.15, -0.1) is 0 Å². The van der Waals surface area contributed by atoms with E-state index >= 15 is 0 Å². The molecule has 1 N–H and O–H groups in total. The summed E-state index contributed by atoms with van der Waals surface area (Å²) in [5.74, 6) is 0. The van der Waals surface area contributed by atoms with Gasteiger partial charge in [-0.25, -0.2) is 0 Å². The largest absolute Gasteiger partial charge is 0.381 e. The topological polar surface area (TPSA) is 30.5 Å². The minimum absolute atomic E-state index is 0.106. The lowest BCUT2D eigenvalue weighted by Gasteiger charge is -2.43. The van der Waals surface area contributed by atoms with Gasteiger partial charge >= 0.3 is 0 Å². The number of halogens is 1. The van der Waals surface area contributed by atoms with Gasteiger partial charge in [-0.05, 0) is 37.6 Å². The Bertz CT molecular complexity index is 427. The van der Waals surface area contributed by atoms with Crippen molar-refractivity contribution in [2.45, 2.75) is 44.8 Å². The van der Waals surface area contributed by atoms with Gasteiger partial charge in [0.25, 0.3) is 0 Å². The molecule has 0 amide bonds. The van der Waals surface area contributed by atoms with Crippen LogP contribution in [0.5, 0.6) is 0 Å². The highest BCUT2D eigenvalue weighted by molar-refractivity contribution is 9.10. The molecule has 0 aliphatic carbocycles. The highest BCUT2D eigenvalue weighted by Crippen LogP contribution is 2.31. The van der Waals surface area contributed by atoms with E-state index in [1.54, 1.807) is 0 Å². The predicted octanol–water partition coefficient (Wildman–Crippen LogP) is 3.56. The molecule has 1 aliphatic heterocycles. The summed E-state index contributed by atoms with van der Waals surface area (Å²) in [6, 6.07) is 8.87. The van der Waals surface area contributed by atoms with Gasteiger partial charge in [0.2, 0.25) is 0 Å². The number of ether oxygens (including phenoxy) is 2. The van der Waals surface area contributed by atoms with Crippen molar-refractivity contribution in [1.29, 1.82) is 0 Å². The summed E-state index contributed by atoms with van der Waals surface area (Å²) in [5, 5.41) is 3.65. The first kappa shape index (κ1) is 16.9. The van der Waals surface area contributed by atoms with Crippen molar-refractivity contribution in [2.75, 3.05) is 26.4 Å². The van der Waals surface area contributed by atoms with Crippen molar-refractivity contribution in [3.63, 3.8) is 0 Å². The summed E-state index contributed by atoms with van der Waals surface area (Å²) in [4.78, 5) is 0. The molecule has 0 saturated carbocycles. The average Bonchev–Trinajstić information content (AvgIpc) is 2.48. The van der Waals surface area contributed by atoms with Gasteiger partial charge in [0, 0.05) is 43.2 Å². The van der Waals surface area contributed by atoms with E-state index in [4.69, 9.17) is 9.47 Å². The molecule has 3 nitrogen and oxygen atoms in total. The lowest BCUT2D eigenvalue weighted by Crippen LogP contribution is -2.56. The smallest absolute Gasteiger partial charge is 0.0881 e. The summed E-state index contributed by atoms with van der Waals surface area (Å²) in [6.07, 6.45) is 2.91. The van der Waals surface area contributed by atoms with E-state index in [0.717, 1.165) is 50.1 Å². The zero-order valence-corrected chi connectivity index (χ0v) is 14.6. The molecule has 1 aromatic carbocycles. The van der Waals surface area contributed by atoms with Crippen LogP contribution in [0.4, 0.5) is 0 Å². The Kier molecular flexibility index (Phi) is 6.68. The van der Waals surface area contributed by atoms with Gasteiger partial charge in [0.1, 0.15) is 0 Å². The highest BCUT2D eigenvalue weighted by Gasteiger charge is 2.40. The molecule has 0 radical (unpaired) electrons. The Hall–Kier alpha value is -0.420. The van der Waals surface area contributed by atoms with Crippen molar-refractivity contribution in [3.05, 3.63) is 34.3 Å². The molecular weight excluding hydrogens is 330 g/mol. The third-order valence-corrected chi connectivity index (χ3v) is 4.68. The first-order valence-corrected chi connectivity index (χ1v) is 8.69. The van der Waals surface area contributed by atoms with Crippen molar-refractivity contribution >= 4 is 15.9 Å². The fourth-order valence-corrected chi connectivity index (χ4v) is 3.63. The van der Waals surface area contributed by atoms with E-state index in [1.807, 2.05) is 0 Å². The molecule has 0 aromatic heterocycles. The van der Waals surface area contributed by atoms with E-state index < -0.39 is 0 Å². The van der Waals surface area contributed by atoms with Gasteiger partial charge in [0.05, 0.1) is 5.60 Å². The van der Waals surface area contributed by atoms with Crippen molar-refractivity contribution in [1.82, 2.24) is 5.32 Å². The summed E-state index contributed by atoms with van der Waals surface area (Å²) < 4.78 is 12.9. The Morgan fingerprint density at radius 3 is 2.71 bits per heavy atom. The third kappa shape index (κ3) is 4.52. The van der Waals surface area contributed by atoms with Crippen LogP contribution in [0, 0.1) is 0 Å². The molecule has 0 spiro atoms. The predicted molar refractivity (Wildman–Crippen MR) is 89.7 cm³/mol. The van der Waals surface area contributed by atoms with Crippen LogP contribution in [0.15, 0.2) is 28.7 Å². The van der Waals surface area contributed by atoms with Crippen molar-refractivity contribution in [3.8, 4) is 0 Å². The van der Waals surface area contributed by atoms with Crippen LogP contribution in [0.3, 0.4) is 0 Å². The van der Waals surface area contributed by atoms with E-state index in [2.05, 4.69) is 59.4 Å². The monoisotopic (exact) mass is 355 g/mol. The van der Waals surface area contributed by atoms with Gasteiger partial charge in [0.15, 0.2) is 0 Å². The molecule has 1 heterocycles. The number of rotatable bonds is 7. The first-order valence-electron chi connectivity index (χ1n) is 7.89. The second-order valence-corrected chi connectivity index (χ2v) is 6.47. The summed E-state index contributed by atoms with van der Waals surface area (Å²) in [7, 11) is 0. The highest BCUT2D eigenvalue weighted by atomic mass is 79.9.